The molecule has 0 bridgehead atoms. The number of ketones is 1. The molecule has 0 aromatic heterocycles. The number of rotatable bonds is 6. The zero-order chi connectivity index (χ0) is 21.8. The first-order chi connectivity index (χ1) is 15.0. The molecule has 0 unspecified atom stereocenters. The molecule has 0 radical (unpaired) electrons. The smallest absolute Gasteiger partial charge is 0.263 e. The van der Waals surface area contributed by atoms with Gasteiger partial charge in [0.15, 0.2) is 11.9 Å². The summed E-state index contributed by atoms with van der Waals surface area (Å²) in [6.07, 6.45) is 2.80. The Kier molecular flexibility index (Phi) is 6.71. The van der Waals surface area contributed by atoms with Crippen LogP contribution in [0.25, 0.3) is 0 Å². The third-order valence-electron chi connectivity index (χ3n) is 6.62. The van der Waals surface area contributed by atoms with Gasteiger partial charge in [0.1, 0.15) is 5.75 Å². The van der Waals surface area contributed by atoms with Gasteiger partial charge in [-0.15, -0.1) is 0 Å². The van der Waals surface area contributed by atoms with E-state index in [1.807, 2.05) is 4.90 Å². The van der Waals surface area contributed by atoms with Gasteiger partial charge in [0.05, 0.1) is 0 Å². The Bertz CT molecular complexity index is 914. The molecule has 0 saturated carbocycles. The van der Waals surface area contributed by atoms with Crippen molar-refractivity contribution in [3.63, 3.8) is 0 Å². The van der Waals surface area contributed by atoms with Gasteiger partial charge in [0.25, 0.3) is 5.91 Å². The first kappa shape index (κ1) is 21.6. The van der Waals surface area contributed by atoms with E-state index in [0.29, 0.717) is 23.3 Å². The van der Waals surface area contributed by atoms with Crippen LogP contribution in [0.15, 0.2) is 54.6 Å². The standard InChI is InChI=1S/C26H32N2O3/c1-19(29)22-10-6-12-24(16-22)31-20(2)26(30)28-15-13-25-23(18-28)11-7-14-27(25)17-21-8-4-3-5-9-21/h3-6,8-10,12,16,20,23,25H,7,11,13-15,17-18H2,1-2H3/t20-,23-,25+/m1/s1. The summed E-state index contributed by atoms with van der Waals surface area (Å²) in [6, 6.07) is 18.3. The number of nitrogens with zero attached hydrogens (tertiary/aromatic N) is 2. The van der Waals surface area contributed by atoms with Gasteiger partial charge in [-0.1, -0.05) is 42.5 Å². The molecule has 2 aromatic carbocycles. The van der Waals surface area contributed by atoms with Crippen LogP contribution in [0.5, 0.6) is 5.75 Å². The average molecular weight is 421 g/mol. The highest BCUT2D eigenvalue weighted by Gasteiger charge is 2.38. The van der Waals surface area contributed by atoms with Crippen LogP contribution in [0.4, 0.5) is 0 Å². The molecule has 1 amide bonds. The third-order valence-corrected chi connectivity index (χ3v) is 6.62. The van der Waals surface area contributed by atoms with Crippen molar-refractivity contribution in [3.05, 3.63) is 65.7 Å². The summed E-state index contributed by atoms with van der Waals surface area (Å²) >= 11 is 0. The van der Waals surface area contributed by atoms with E-state index < -0.39 is 6.10 Å². The molecule has 2 saturated heterocycles. The van der Waals surface area contributed by atoms with E-state index in [4.69, 9.17) is 4.74 Å². The lowest BCUT2D eigenvalue weighted by molar-refractivity contribution is -0.141. The first-order valence-electron chi connectivity index (χ1n) is 11.4. The molecule has 2 heterocycles. The number of hydrogen-bond acceptors (Lipinski definition) is 4. The Hall–Kier alpha value is -2.66. The Labute approximate surface area is 185 Å². The predicted molar refractivity (Wildman–Crippen MR) is 121 cm³/mol. The molecule has 2 aliphatic rings. The molecule has 2 aliphatic heterocycles. The molecule has 0 spiro atoms. The lowest BCUT2D eigenvalue weighted by atomic mass is 9.83. The SMILES string of the molecule is CC(=O)c1cccc(O[C@H](C)C(=O)N2CC[C@H]3[C@H](CCCN3Cc3ccccc3)C2)c1. The summed E-state index contributed by atoms with van der Waals surface area (Å²) in [5.41, 5.74) is 1.95. The van der Waals surface area contributed by atoms with Gasteiger partial charge in [-0.25, -0.2) is 0 Å². The predicted octanol–water partition coefficient (Wildman–Crippen LogP) is 4.17. The van der Waals surface area contributed by atoms with Crippen molar-refractivity contribution in [2.75, 3.05) is 19.6 Å². The quantitative estimate of drug-likeness (QED) is 0.658. The molecule has 31 heavy (non-hydrogen) atoms. The molecule has 3 atom stereocenters. The number of likely N-dealkylation sites (tertiary alicyclic amines) is 2. The molecule has 0 N–H and O–H groups in total. The molecular formula is C26H32N2O3. The van der Waals surface area contributed by atoms with E-state index in [-0.39, 0.29) is 11.7 Å². The van der Waals surface area contributed by atoms with Gasteiger partial charge < -0.3 is 9.64 Å². The Morgan fingerprint density at radius 3 is 2.65 bits per heavy atom. The molecule has 4 rings (SSSR count). The molecule has 5 nitrogen and oxygen atoms in total. The van der Waals surface area contributed by atoms with Crippen molar-refractivity contribution in [2.24, 2.45) is 5.92 Å². The highest BCUT2D eigenvalue weighted by molar-refractivity contribution is 5.94. The molecule has 2 aromatic rings. The summed E-state index contributed by atoms with van der Waals surface area (Å²) in [4.78, 5) is 29.3. The van der Waals surface area contributed by atoms with Crippen LogP contribution in [-0.2, 0) is 11.3 Å². The van der Waals surface area contributed by atoms with Crippen molar-refractivity contribution in [3.8, 4) is 5.75 Å². The molecule has 2 fully saturated rings. The Morgan fingerprint density at radius 2 is 1.87 bits per heavy atom. The van der Waals surface area contributed by atoms with Crippen LogP contribution in [-0.4, -0.2) is 53.3 Å². The van der Waals surface area contributed by atoms with Crippen LogP contribution < -0.4 is 4.74 Å². The third kappa shape index (κ3) is 5.16. The van der Waals surface area contributed by atoms with Gasteiger partial charge in [-0.3, -0.25) is 14.5 Å². The fourth-order valence-electron chi connectivity index (χ4n) is 5.02. The van der Waals surface area contributed by atoms with Gasteiger partial charge in [-0.05, 0) is 63.3 Å². The second kappa shape index (κ2) is 9.65. The number of amides is 1. The average Bonchev–Trinajstić information content (AvgIpc) is 2.79. The number of ether oxygens (including phenoxy) is 1. The number of hydrogen-bond donors (Lipinski definition) is 0. The van der Waals surface area contributed by atoms with E-state index in [9.17, 15) is 9.59 Å². The number of benzene rings is 2. The zero-order valence-corrected chi connectivity index (χ0v) is 18.5. The van der Waals surface area contributed by atoms with Crippen molar-refractivity contribution < 1.29 is 14.3 Å². The van der Waals surface area contributed by atoms with Crippen molar-refractivity contribution in [1.82, 2.24) is 9.80 Å². The fraction of sp³-hybridized carbons (Fsp3) is 0.462. The molecule has 164 valence electrons. The van der Waals surface area contributed by atoms with E-state index >= 15 is 0 Å². The summed E-state index contributed by atoms with van der Waals surface area (Å²) in [7, 11) is 0. The maximum atomic E-state index is 13.1. The minimum absolute atomic E-state index is 0.0103. The topological polar surface area (TPSA) is 49.9 Å². The van der Waals surface area contributed by atoms with Gasteiger partial charge in [0.2, 0.25) is 0 Å². The number of Topliss-reactive ketones (excluding diaryl/α,β-unsaturated/α-hetero) is 1. The summed E-state index contributed by atoms with van der Waals surface area (Å²) in [5, 5.41) is 0. The lowest BCUT2D eigenvalue weighted by Crippen LogP contribution is -2.56. The van der Waals surface area contributed by atoms with E-state index in [0.717, 1.165) is 32.6 Å². The number of fused-ring (bicyclic) bond motifs is 1. The van der Waals surface area contributed by atoms with Gasteiger partial charge in [-0.2, -0.15) is 0 Å². The van der Waals surface area contributed by atoms with Crippen LogP contribution >= 0.6 is 0 Å². The second-order valence-corrected chi connectivity index (χ2v) is 8.84. The van der Waals surface area contributed by atoms with Crippen LogP contribution in [0.2, 0.25) is 0 Å². The maximum absolute atomic E-state index is 13.1. The molecular weight excluding hydrogens is 388 g/mol. The fourth-order valence-corrected chi connectivity index (χ4v) is 5.02. The second-order valence-electron chi connectivity index (χ2n) is 8.84. The highest BCUT2D eigenvalue weighted by atomic mass is 16.5. The summed E-state index contributed by atoms with van der Waals surface area (Å²) in [5.74, 6) is 1.11. The molecule has 0 aliphatic carbocycles. The minimum Gasteiger partial charge on any atom is -0.481 e. The maximum Gasteiger partial charge on any atom is 0.263 e. The normalized spacial score (nSPS) is 22.5. The van der Waals surface area contributed by atoms with E-state index in [2.05, 4.69) is 35.2 Å². The van der Waals surface area contributed by atoms with Crippen molar-refractivity contribution in [1.29, 1.82) is 0 Å². The Morgan fingerprint density at radius 1 is 1.06 bits per heavy atom. The van der Waals surface area contributed by atoms with Crippen LogP contribution in [0, 0.1) is 5.92 Å². The number of carbonyl (C=O) groups excluding carboxylic acids is 2. The Balaban J connectivity index is 1.36. The number of carbonyl (C=O) groups is 2. The summed E-state index contributed by atoms with van der Waals surface area (Å²) < 4.78 is 5.90. The first-order valence-corrected chi connectivity index (χ1v) is 11.4. The van der Waals surface area contributed by atoms with Crippen LogP contribution in [0.1, 0.15) is 49.0 Å². The van der Waals surface area contributed by atoms with Crippen molar-refractivity contribution >= 4 is 11.7 Å². The van der Waals surface area contributed by atoms with E-state index in [1.165, 1.54) is 25.3 Å². The van der Waals surface area contributed by atoms with Gasteiger partial charge in [0, 0.05) is 31.2 Å². The van der Waals surface area contributed by atoms with Crippen molar-refractivity contribution in [2.45, 2.75) is 51.8 Å². The zero-order valence-electron chi connectivity index (χ0n) is 18.5. The lowest BCUT2D eigenvalue weighted by Gasteiger charge is -2.47. The van der Waals surface area contributed by atoms with Gasteiger partial charge >= 0.3 is 0 Å². The van der Waals surface area contributed by atoms with Crippen LogP contribution in [0.3, 0.4) is 0 Å². The summed E-state index contributed by atoms with van der Waals surface area (Å²) in [6.45, 7) is 7.03. The monoisotopic (exact) mass is 420 g/mol. The minimum atomic E-state index is -0.567. The highest BCUT2D eigenvalue weighted by Crippen LogP contribution is 2.32. The number of piperidine rings is 2. The largest absolute Gasteiger partial charge is 0.481 e. The molecule has 5 heteroatoms. The van der Waals surface area contributed by atoms with E-state index in [1.54, 1.807) is 31.2 Å².